The number of para-hydroxylation sites is 1. The topological polar surface area (TPSA) is 49.9 Å². The molecule has 3 atom stereocenters. The Morgan fingerprint density at radius 1 is 1.00 bits per heavy atom. The molecule has 1 heterocycles. The first-order valence-electron chi connectivity index (χ1n) is 9.65. The summed E-state index contributed by atoms with van der Waals surface area (Å²) in [5.41, 5.74) is 0.130. The van der Waals surface area contributed by atoms with Crippen molar-refractivity contribution in [2.24, 2.45) is 17.8 Å². The SMILES string of the molecule is O=C(c1ccccc1OC(F)F)N1CCN(C(=O)[C@@H]2C[C@H]3CC[C@H]2C3)CC1. The number of amides is 2. The first-order chi connectivity index (χ1) is 13.0. The van der Waals surface area contributed by atoms with Gasteiger partial charge >= 0.3 is 6.61 Å². The smallest absolute Gasteiger partial charge is 0.387 e. The first-order valence-corrected chi connectivity index (χ1v) is 9.65. The minimum Gasteiger partial charge on any atom is -0.434 e. The maximum absolute atomic E-state index is 12.8. The molecule has 0 spiro atoms. The van der Waals surface area contributed by atoms with Gasteiger partial charge in [0.05, 0.1) is 5.56 Å². The largest absolute Gasteiger partial charge is 0.434 e. The molecule has 2 amide bonds. The maximum Gasteiger partial charge on any atom is 0.387 e. The van der Waals surface area contributed by atoms with Gasteiger partial charge in [0.2, 0.25) is 5.91 Å². The van der Waals surface area contributed by atoms with Gasteiger partial charge in [0.15, 0.2) is 0 Å². The number of ether oxygens (including phenoxy) is 1. The van der Waals surface area contributed by atoms with E-state index in [0.717, 1.165) is 12.3 Å². The molecule has 1 aliphatic heterocycles. The molecule has 2 bridgehead atoms. The zero-order chi connectivity index (χ0) is 19.0. The molecule has 146 valence electrons. The summed E-state index contributed by atoms with van der Waals surface area (Å²) < 4.78 is 29.6. The zero-order valence-corrected chi connectivity index (χ0v) is 15.2. The molecule has 2 saturated carbocycles. The van der Waals surface area contributed by atoms with Crippen molar-refractivity contribution in [3.8, 4) is 5.75 Å². The van der Waals surface area contributed by atoms with Crippen LogP contribution in [0, 0.1) is 17.8 Å². The van der Waals surface area contributed by atoms with Crippen LogP contribution in [0.5, 0.6) is 5.75 Å². The summed E-state index contributed by atoms with van der Waals surface area (Å²) >= 11 is 0. The number of benzene rings is 1. The van der Waals surface area contributed by atoms with Gasteiger partial charge in [-0.2, -0.15) is 8.78 Å². The minimum absolute atomic E-state index is 0.113. The molecule has 2 aliphatic carbocycles. The number of alkyl halides is 2. The lowest BCUT2D eigenvalue weighted by atomic mass is 9.87. The van der Waals surface area contributed by atoms with E-state index < -0.39 is 6.61 Å². The van der Waals surface area contributed by atoms with Crippen LogP contribution in [-0.2, 0) is 4.79 Å². The van der Waals surface area contributed by atoms with Crippen molar-refractivity contribution in [2.45, 2.75) is 32.3 Å². The third-order valence-electron chi connectivity index (χ3n) is 6.27. The lowest BCUT2D eigenvalue weighted by Gasteiger charge is -2.37. The van der Waals surface area contributed by atoms with Crippen LogP contribution in [0.25, 0.3) is 0 Å². The normalized spacial score (nSPS) is 27.3. The second-order valence-electron chi connectivity index (χ2n) is 7.77. The average Bonchev–Trinajstić information content (AvgIpc) is 3.30. The fraction of sp³-hybridized carbons (Fsp3) is 0.600. The summed E-state index contributed by atoms with van der Waals surface area (Å²) in [5, 5.41) is 0. The predicted octanol–water partition coefficient (Wildman–Crippen LogP) is 3.01. The predicted molar refractivity (Wildman–Crippen MR) is 94.5 cm³/mol. The van der Waals surface area contributed by atoms with Gasteiger partial charge in [0.25, 0.3) is 5.91 Å². The van der Waals surface area contributed by atoms with Crippen LogP contribution in [-0.4, -0.2) is 54.4 Å². The Kier molecular flexibility index (Phi) is 5.02. The van der Waals surface area contributed by atoms with Crippen molar-refractivity contribution in [2.75, 3.05) is 26.2 Å². The number of piperazine rings is 1. The summed E-state index contributed by atoms with van der Waals surface area (Å²) in [5.74, 6) is 1.21. The molecule has 0 N–H and O–H groups in total. The van der Waals surface area contributed by atoms with Gasteiger partial charge in [0, 0.05) is 32.1 Å². The quantitative estimate of drug-likeness (QED) is 0.809. The molecule has 3 fully saturated rings. The number of fused-ring (bicyclic) bond motifs is 2. The van der Waals surface area contributed by atoms with Gasteiger partial charge in [-0.05, 0) is 43.2 Å². The molecule has 27 heavy (non-hydrogen) atoms. The molecular formula is C20H24F2N2O3. The van der Waals surface area contributed by atoms with E-state index in [9.17, 15) is 18.4 Å². The molecule has 1 aromatic rings. The Labute approximate surface area is 157 Å². The number of hydrogen-bond acceptors (Lipinski definition) is 3. The monoisotopic (exact) mass is 378 g/mol. The van der Waals surface area contributed by atoms with E-state index in [1.807, 2.05) is 4.90 Å². The molecule has 1 aromatic carbocycles. The van der Waals surface area contributed by atoms with E-state index in [0.29, 0.717) is 32.1 Å². The first kappa shape index (κ1) is 18.2. The van der Waals surface area contributed by atoms with Crippen LogP contribution in [0.4, 0.5) is 8.78 Å². The Morgan fingerprint density at radius 2 is 1.70 bits per heavy atom. The molecular weight excluding hydrogens is 354 g/mol. The third kappa shape index (κ3) is 3.64. The lowest BCUT2D eigenvalue weighted by molar-refractivity contribution is -0.138. The number of halogens is 2. The molecule has 4 rings (SSSR count). The Hall–Kier alpha value is -2.18. The minimum atomic E-state index is -2.98. The number of carbonyl (C=O) groups is 2. The van der Waals surface area contributed by atoms with Crippen molar-refractivity contribution < 1.29 is 23.1 Å². The van der Waals surface area contributed by atoms with E-state index >= 15 is 0 Å². The highest BCUT2D eigenvalue weighted by atomic mass is 19.3. The van der Waals surface area contributed by atoms with Crippen LogP contribution >= 0.6 is 0 Å². The van der Waals surface area contributed by atoms with Crippen LogP contribution in [0.15, 0.2) is 24.3 Å². The maximum atomic E-state index is 12.8. The van der Waals surface area contributed by atoms with Gasteiger partial charge in [-0.15, -0.1) is 0 Å². The van der Waals surface area contributed by atoms with Crippen LogP contribution in [0.1, 0.15) is 36.0 Å². The van der Waals surface area contributed by atoms with E-state index in [-0.39, 0.29) is 29.0 Å². The summed E-state index contributed by atoms with van der Waals surface area (Å²) in [4.78, 5) is 29.0. The van der Waals surface area contributed by atoms with Crippen LogP contribution in [0.2, 0.25) is 0 Å². The second kappa shape index (κ2) is 7.44. The summed E-state index contributed by atoms with van der Waals surface area (Å²) in [6.07, 6.45) is 4.63. The van der Waals surface area contributed by atoms with Crippen molar-refractivity contribution in [3.05, 3.63) is 29.8 Å². The van der Waals surface area contributed by atoms with Crippen LogP contribution < -0.4 is 4.74 Å². The number of hydrogen-bond donors (Lipinski definition) is 0. The molecule has 0 radical (unpaired) electrons. The van der Waals surface area contributed by atoms with Crippen molar-refractivity contribution >= 4 is 11.8 Å². The average molecular weight is 378 g/mol. The summed E-state index contributed by atoms with van der Waals surface area (Å²) in [6.45, 7) is -1.16. The highest BCUT2D eigenvalue weighted by molar-refractivity contribution is 5.97. The highest BCUT2D eigenvalue weighted by Gasteiger charge is 2.44. The summed E-state index contributed by atoms with van der Waals surface area (Å²) in [6, 6.07) is 6.04. The molecule has 0 aromatic heterocycles. The number of rotatable bonds is 4. The van der Waals surface area contributed by atoms with E-state index in [1.165, 1.54) is 31.4 Å². The van der Waals surface area contributed by atoms with Gasteiger partial charge in [0.1, 0.15) is 5.75 Å². The number of nitrogens with zero attached hydrogens (tertiary/aromatic N) is 2. The molecule has 0 unspecified atom stereocenters. The Morgan fingerprint density at radius 3 is 2.33 bits per heavy atom. The standard InChI is InChI=1S/C20H24F2N2O3/c21-20(22)27-17-4-2-1-3-15(17)18(25)23-7-9-24(10-8-23)19(26)16-12-13-5-6-14(16)11-13/h1-4,13-14,16,20H,5-12H2/t13-,14-,16+/m0/s1. The molecule has 7 heteroatoms. The third-order valence-corrected chi connectivity index (χ3v) is 6.27. The van der Waals surface area contributed by atoms with Gasteiger partial charge in [-0.1, -0.05) is 18.6 Å². The van der Waals surface area contributed by atoms with E-state index in [4.69, 9.17) is 0 Å². The van der Waals surface area contributed by atoms with Crippen molar-refractivity contribution in [1.29, 1.82) is 0 Å². The highest BCUT2D eigenvalue weighted by Crippen LogP contribution is 2.48. The van der Waals surface area contributed by atoms with Gasteiger partial charge in [-0.25, -0.2) is 0 Å². The Balaban J connectivity index is 1.37. The second-order valence-corrected chi connectivity index (χ2v) is 7.77. The zero-order valence-electron chi connectivity index (χ0n) is 15.2. The lowest BCUT2D eigenvalue weighted by Crippen LogP contribution is -2.52. The molecule has 5 nitrogen and oxygen atoms in total. The fourth-order valence-electron chi connectivity index (χ4n) is 4.92. The van der Waals surface area contributed by atoms with Crippen molar-refractivity contribution in [3.63, 3.8) is 0 Å². The van der Waals surface area contributed by atoms with Crippen LogP contribution in [0.3, 0.4) is 0 Å². The fourth-order valence-corrected chi connectivity index (χ4v) is 4.92. The molecule has 3 aliphatic rings. The van der Waals surface area contributed by atoms with E-state index in [1.54, 1.807) is 17.0 Å². The number of carbonyl (C=O) groups excluding carboxylic acids is 2. The summed E-state index contributed by atoms with van der Waals surface area (Å²) in [7, 11) is 0. The van der Waals surface area contributed by atoms with Gasteiger partial charge < -0.3 is 14.5 Å². The van der Waals surface area contributed by atoms with E-state index in [2.05, 4.69) is 4.74 Å². The van der Waals surface area contributed by atoms with Crippen molar-refractivity contribution in [1.82, 2.24) is 9.80 Å². The molecule has 1 saturated heterocycles. The Bertz CT molecular complexity index is 719. The van der Waals surface area contributed by atoms with Gasteiger partial charge in [-0.3, -0.25) is 9.59 Å².